The Morgan fingerprint density at radius 1 is 1.25 bits per heavy atom. The molecule has 1 fully saturated rings. The van der Waals surface area contributed by atoms with Gasteiger partial charge in [0.25, 0.3) is 0 Å². The first-order chi connectivity index (χ1) is 9.47. The van der Waals surface area contributed by atoms with E-state index in [-0.39, 0.29) is 12.5 Å². The van der Waals surface area contributed by atoms with E-state index in [1.165, 1.54) is 19.3 Å². The van der Waals surface area contributed by atoms with Crippen LogP contribution in [0.15, 0.2) is 6.20 Å². The van der Waals surface area contributed by atoms with Crippen molar-refractivity contribution in [2.45, 2.75) is 58.0 Å². The third-order valence-corrected chi connectivity index (χ3v) is 3.70. The Labute approximate surface area is 120 Å². The van der Waals surface area contributed by atoms with Crippen LogP contribution in [0.3, 0.4) is 0 Å². The molecule has 1 amide bonds. The van der Waals surface area contributed by atoms with E-state index in [0.29, 0.717) is 5.69 Å². The Morgan fingerprint density at radius 3 is 2.40 bits per heavy atom. The lowest BCUT2D eigenvalue weighted by molar-refractivity contribution is -0.132. The molecular formula is C14H25N5O. The number of nitrogens with zero attached hydrogens (tertiary/aromatic N) is 4. The molecule has 112 valence electrons. The lowest BCUT2D eigenvalue weighted by Gasteiger charge is -2.24. The molecule has 2 heterocycles. The van der Waals surface area contributed by atoms with E-state index in [1.54, 1.807) is 10.9 Å². The first kappa shape index (κ1) is 15.0. The van der Waals surface area contributed by atoms with Crippen molar-refractivity contribution in [1.82, 2.24) is 19.9 Å². The lowest BCUT2D eigenvalue weighted by atomic mass is 10.0. The number of likely N-dealkylation sites (tertiary alicyclic amines) is 1. The molecule has 20 heavy (non-hydrogen) atoms. The summed E-state index contributed by atoms with van der Waals surface area (Å²) in [5.41, 5.74) is 6.15. The fourth-order valence-corrected chi connectivity index (χ4v) is 2.41. The molecule has 0 aromatic carbocycles. The molecular weight excluding hydrogens is 254 g/mol. The van der Waals surface area contributed by atoms with Crippen LogP contribution in [-0.2, 0) is 16.9 Å². The molecule has 1 aromatic rings. The molecule has 1 aliphatic rings. The number of hydrogen-bond acceptors (Lipinski definition) is 4. The zero-order valence-corrected chi connectivity index (χ0v) is 12.5. The second-order valence-corrected chi connectivity index (χ2v) is 6.17. The van der Waals surface area contributed by atoms with Crippen molar-refractivity contribution in [3.63, 3.8) is 0 Å². The number of rotatable bonds is 3. The first-order valence-electron chi connectivity index (χ1n) is 7.44. The average Bonchev–Trinajstić information content (AvgIpc) is 2.76. The third kappa shape index (κ3) is 4.03. The SMILES string of the molecule is CC(C)(N)c1cn(CC(=O)N2CCCCCCC2)nn1. The summed E-state index contributed by atoms with van der Waals surface area (Å²) in [5, 5.41) is 8.03. The summed E-state index contributed by atoms with van der Waals surface area (Å²) in [5.74, 6) is 0.123. The monoisotopic (exact) mass is 279 g/mol. The summed E-state index contributed by atoms with van der Waals surface area (Å²) in [6.07, 6.45) is 7.70. The zero-order chi connectivity index (χ0) is 14.6. The van der Waals surface area contributed by atoms with Crippen molar-refractivity contribution in [3.8, 4) is 0 Å². The van der Waals surface area contributed by atoms with Crippen LogP contribution in [0.2, 0.25) is 0 Å². The molecule has 0 unspecified atom stereocenters. The van der Waals surface area contributed by atoms with E-state index < -0.39 is 5.54 Å². The summed E-state index contributed by atoms with van der Waals surface area (Å²) >= 11 is 0. The van der Waals surface area contributed by atoms with Crippen molar-refractivity contribution in [2.75, 3.05) is 13.1 Å². The fraction of sp³-hybridized carbons (Fsp3) is 0.786. The second kappa shape index (κ2) is 6.35. The van der Waals surface area contributed by atoms with Gasteiger partial charge in [-0.1, -0.05) is 24.5 Å². The van der Waals surface area contributed by atoms with E-state index in [2.05, 4.69) is 10.3 Å². The minimum Gasteiger partial charge on any atom is -0.341 e. The average molecular weight is 279 g/mol. The Balaban J connectivity index is 1.94. The molecule has 0 saturated carbocycles. The summed E-state index contributed by atoms with van der Waals surface area (Å²) in [4.78, 5) is 14.3. The summed E-state index contributed by atoms with van der Waals surface area (Å²) in [6, 6.07) is 0. The van der Waals surface area contributed by atoms with Gasteiger partial charge >= 0.3 is 0 Å². The smallest absolute Gasteiger partial charge is 0.244 e. The first-order valence-corrected chi connectivity index (χ1v) is 7.44. The van der Waals surface area contributed by atoms with E-state index in [4.69, 9.17) is 5.73 Å². The molecule has 0 atom stereocenters. The Kier molecular flexibility index (Phi) is 4.75. The summed E-state index contributed by atoms with van der Waals surface area (Å²) in [7, 11) is 0. The number of carbonyl (C=O) groups is 1. The molecule has 1 aliphatic heterocycles. The predicted molar refractivity (Wildman–Crippen MR) is 76.9 cm³/mol. The van der Waals surface area contributed by atoms with Gasteiger partial charge in [-0.15, -0.1) is 5.10 Å². The maximum atomic E-state index is 12.3. The molecule has 6 nitrogen and oxygen atoms in total. The van der Waals surface area contributed by atoms with Gasteiger partial charge in [-0.3, -0.25) is 4.79 Å². The van der Waals surface area contributed by atoms with E-state index in [0.717, 1.165) is 25.9 Å². The van der Waals surface area contributed by atoms with Crippen molar-refractivity contribution in [2.24, 2.45) is 5.73 Å². The zero-order valence-electron chi connectivity index (χ0n) is 12.5. The van der Waals surface area contributed by atoms with Crippen LogP contribution in [0.5, 0.6) is 0 Å². The van der Waals surface area contributed by atoms with Gasteiger partial charge in [-0.25, -0.2) is 4.68 Å². The highest BCUT2D eigenvalue weighted by atomic mass is 16.2. The molecule has 0 bridgehead atoms. The summed E-state index contributed by atoms with van der Waals surface area (Å²) in [6.45, 7) is 5.73. The van der Waals surface area contributed by atoms with Crippen molar-refractivity contribution in [3.05, 3.63) is 11.9 Å². The predicted octanol–water partition coefficient (Wildman–Crippen LogP) is 1.26. The van der Waals surface area contributed by atoms with Crippen LogP contribution < -0.4 is 5.73 Å². The van der Waals surface area contributed by atoms with Crippen LogP contribution in [0.4, 0.5) is 0 Å². The number of amides is 1. The summed E-state index contributed by atoms with van der Waals surface area (Å²) < 4.78 is 1.59. The van der Waals surface area contributed by atoms with E-state index in [1.807, 2.05) is 18.7 Å². The van der Waals surface area contributed by atoms with Crippen LogP contribution in [0.25, 0.3) is 0 Å². The van der Waals surface area contributed by atoms with E-state index in [9.17, 15) is 4.79 Å². The van der Waals surface area contributed by atoms with Crippen molar-refractivity contribution < 1.29 is 4.79 Å². The van der Waals surface area contributed by atoms with Gasteiger partial charge in [0, 0.05) is 13.1 Å². The van der Waals surface area contributed by atoms with Gasteiger partial charge in [0.15, 0.2) is 0 Å². The molecule has 2 N–H and O–H groups in total. The van der Waals surface area contributed by atoms with Crippen molar-refractivity contribution >= 4 is 5.91 Å². The largest absolute Gasteiger partial charge is 0.341 e. The quantitative estimate of drug-likeness (QED) is 0.903. The van der Waals surface area contributed by atoms with Gasteiger partial charge in [-0.2, -0.15) is 0 Å². The van der Waals surface area contributed by atoms with Crippen LogP contribution in [-0.4, -0.2) is 38.9 Å². The van der Waals surface area contributed by atoms with E-state index >= 15 is 0 Å². The maximum Gasteiger partial charge on any atom is 0.244 e. The normalized spacial score (nSPS) is 17.6. The highest BCUT2D eigenvalue weighted by Crippen LogP contribution is 2.13. The minimum atomic E-state index is -0.526. The topological polar surface area (TPSA) is 77.0 Å². The van der Waals surface area contributed by atoms with Gasteiger partial charge < -0.3 is 10.6 Å². The molecule has 6 heteroatoms. The van der Waals surface area contributed by atoms with Gasteiger partial charge in [0.2, 0.25) is 5.91 Å². The minimum absolute atomic E-state index is 0.123. The molecule has 0 aliphatic carbocycles. The molecule has 2 rings (SSSR count). The van der Waals surface area contributed by atoms with Crippen LogP contribution in [0.1, 0.15) is 51.6 Å². The number of carbonyl (C=O) groups excluding carboxylic acids is 1. The highest BCUT2D eigenvalue weighted by Gasteiger charge is 2.20. The fourth-order valence-electron chi connectivity index (χ4n) is 2.41. The van der Waals surface area contributed by atoms with Gasteiger partial charge in [0.1, 0.15) is 12.2 Å². The molecule has 1 aromatic heterocycles. The maximum absolute atomic E-state index is 12.3. The lowest BCUT2D eigenvalue weighted by Crippen LogP contribution is -2.36. The molecule has 1 saturated heterocycles. The van der Waals surface area contributed by atoms with Crippen LogP contribution in [0, 0.1) is 0 Å². The van der Waals surface area contributed by atoms with Crippen molar-refractivity contribution in [1.29, 1.82) is 0 Å². The molecule has 0 radical (unpaired) electrons. The number of hydrogen-bond donors (Lipinski definition) is 1. The van der Waals surface area contributed by atoms with Crippen LogP contribution >= 0.6 is 0 Å². The third-order valence-electron chi connectivity index (χ3n) is 3.70. The van der Waals surface area contributed by atoms with Gasteiger partial charge in [-0.05, 0) is 26.7 Å². The highest BCUT2D eigenvalue weighted by molar-refractivity contribution is 5.75. The number of nitrogens with two attached hydrogens (primary N) is 1. The Morgan fingerprint density at radius 2 is 1.85 bits per heavy atom. The second-order valence-electron chi connectivity index (χ2n) is 6.17. The Bertz CT molecular complexity index is 441. The van der Waals surface area contributed by atoms with Gasteiger partial charge in [0.05, 0.1) is 11.7 Å². The number of aromatic nitrogens is 3. The Hall–Kier alpha value is -1.43. The standard InChI is InChI=1S/C14H25N5O/c1-14(2,15)12-10-19(17-16-12)11-13(20)18-8-6-4-3-5-7-9-18/h10H,3-9,11,15H2,1-2H3. The molecule has 0 spiro atoms.